The lowest BCUT2D eigenvalue weighted by Gasteiger charge is -2.18. The van der Waals surface area contributed by atoms with E-state index in [9.17, 15) is 29.1 Å². The van der Waals surface area contributed by atoms with Crippen molar-refractivity contribution < 1.29 is 33.8 Å². The summed E-state index contributed by atoms with van der Waals surface area (Å²) < 4.78 is 5.35. The largest absolute Gasteiger partial charge is 0.480 e. The van der Waals surface area contributed by atoms with Gasteiger partial charge in [-0.2, -0.15) is 9.98 Å². The van der Waals surface area contributed by atoms with Crippen LogP contribution in [0.5, 0.6) is 0 Å². The maximum Gasteiger partial charge on any atom is 0.407 e. The summed E-state index contributed by atoms with van der Waals surface area (Å²) in [5.41, 5.74) is 6.82. The first-order valence-electron chi connectivity index (χ1n) is 15.8. The maximum atomic E-state index is 12.7. The highest BCUT2D eigenvalue weighted by Crippen LogP contribution is 2.52. The van der Waals surface area contributed by atoms with Gasteiger partial charge >= 0.3 is 12.1 Å². The van der Waals surface area contributed by atoms with E-state index in [0.29, 0.717) is 35.8 Å². The maximum absolute atomic E-state index is 12.7. The number of benzene rings is 1. The molecule has 4 aliphatic rings. The number of carboxylic acids is 1. The number of carbonyl (C=O) groups is 5. The normalized spacial score (nSPS) is 22.7. The molecule has 2 heterocycles. The summed E-state index contributed by atoms with van der Waals surface area (Å²) in [5, 5.41) is 20.4. The van der Waals surface area contributed by atoms with E-state index < -0.39 is 41.9 Å². The van der Waals surface area contributed by atoms with E-state index in [1.54, 1.807) is 12.1 Å². The Kier molecular flexibility index (Phi) is 11.1. The van der Waals surface area contributed by atoms with Crippen molar-refractivity contribution in [1.82, 2.24) is 16.0 Å². The minimum atomic E-state index is -1.29. The average molecular weight is 660 g/mol. The number of hydrogen-bond acceptors (Lipinski definition) is 11. The van der Waals surface area contributed by atoms with Gasteiger partial charge in [-0.25, -0.2) is 14.6 Å². The molecule has 252 valence electrons. The lowest BCUT2D eigenvalue weighted by atomic mass is 10.1. The molecule has 2 aliphatic heterocycles. The van der Waals surface area contributed by atoms with Gasteiger partial charge in [-0.1, -0.05) is 0 Å². The zero-order chi connectivity index (χ0) is 34.0. The predicted molar refractivity (Wildman–Crippen MR) is 176 cm³/mol. The van der Waals surface area contributed by atoms with Gasteiger partial charge in [0, 0.05) is 43.6 Å². The molecule has 0 saturated heterocycles. The first kappa shape index (κ1) is 33.8. The number of nitrogens with one attached hydrogen (secondary N) is 4. The van der Waals surface area contributed by atoms with Crippen LogP contribution in [0.3, 0.4) is 0 Å². The van der Waals surface area contributed by atoms with E-state index >= 15 is 0 Å². The summed E-state index contributed by atoms with van der Waals surface area (Å²) in [7, 11) is 0. The Morgan fingerprint density at radius 2 is 1.73 bits per heavy atom. The highest BCUT2D eigenvalue weighted by molar-refractivity contribution is 6.38. The zero-order valence-electron chi connectivity index (χ0n) is 26.1. The number of carbonyl (C=O) groups excluding carboxylic acids is 4. The van der Waals surface area contributed by atoms with Gasteiger partial charge in [0.05, 0.1) is 25.1 Å². The Morgan fingerprint density at radius 3 is 2.44 bits per heavy atom. The number of guanidine groups is 1. The molecule has 48 heavy (non-hydrogen) atoms. The number of nitrogens with two attached hydrogens (primary N) is 1. The van der Waals surface area contributed by atoms with Crippen LogP contribution in [0.4, 0.5) is 10.5 Å². The van der Waals surface area contributed by atoms with E-state index in [1.807, 2.05) is 0 Å². The Bertz CT molecular complexity index is 1610. The van der Waals surface area contributed by atoms with Crippen LogP contribution in [-0.2, 0) is 19.1 Å². The number of amides is 4. The molecule has 16 heteroatoms. The Balaban J connectivity index is 0.967. The lowest BCUT2D eigenvalue weighted by Crippen LogP contribution is -2.42. The van der Waals surface area contributed by atoms with E-state index in [0.717, 1.165) is 25.7 Å². The molecular weight excluding hydrogens is 622 g/mol. The molecule has 1 saturated carbocycles. The molecule has 4 unspecified atom stereocenters. The third-order valence-corrected chi connectivity index (χ3v) is 8.42. The second-order valence-corrected chi connectivity index (χ2v) is 11.7. The van der Waals surface area contributed by atoms with Gasteiger partial charge < -0.3 is 36.8 Å². The first-order chi connectivity index (χ1) is 23.2. The third-order valence-electron chi connectivity index (χ3n) is 8.42. The minimum Gasteiger partial charge on any atom is -0.480 e. The summed E-state index contributed by atoms with van der Waals surface area (Å²) in [6.45, 7) is 0.897. The zero-order valence-corrected chi connectivity index (χ0v) is 26.1. The van der Waals surface area contributed by atoms with Crippen LogP contribution in [0.2, 0.25) is 0 Å². The molecule has 0 aromatic heterocycles. The van der Waals surface area contributed by atoms with Crippen LogP contribution in [-0.4, -0.2) is 96.9 Å². The number of rotatable bonds is 14. The van der Waals surface area contributed by atoms with Crippen molar-refractivity contribution in [2.45, 2.75) is 50.6 Å². The fourth-order valence-electron chi connectivity index (χ4n) is 5.80. The fourth-order valence-corrected chi connectivity index (χ4v) is 5.80. The molecule has 16 nitrogen and oxygen atoms in total. The van der Waals surface area contributed by atoms with E-state index in [-0.39, 0.29) is 49.8 Å². The molecule has 1 aromatic rings. The van der Waals surface area contributed by atoms with Gasteiger partial charge in [-0.05, 0) is 61.3 Å². The number of nitrogens with zero attached hydrogens (tertiary/aromatic N) is 4. The van der Waals surface area contributed by atoms with E-state index in [1.165, 1.54) is 18.3 Å². The summed E-state index contributed by atoms with van der Waals surface area (Å²) >= 11 is 0. The number of ether oxygens (including phenoxy) is 1. The number of aliphatic imine (C=N–C) groups is 4. The molecule has 0 radical (unpaired) electrons. The molecule has 4 atom stereocenters. The first-order valence-corrected chi connectivity index (χ1v) is 15.8. The Morgan fingerprint density at radius 1 is 1.02 bits per heavy atom. The average Bonchev–Trinajstić information content (AvgIpc) is 3.71. The summed E-state index contributed by atoms with van der Waals surface area (Å²) in [6.07, 6.45) is 4.52. The number of fused-ring (bicyclic) bond motifs is 2. The Labute approximate surface area is 276 Å². The number of aliphatic carboxylic acids is 1. The molecule has 1 aromatic carbocycles. The topological polar surface area (TPSA) is 238 Å². The van der Waals surface area contributed by atoms with Gasteiger partial charge in [0.15, 0.2) is 11.9 Å². The summed E-state index contributed by atoms with van der Waals surface area (Å²) in [4.78, 5) is 76.8. The molecule has 0 spiro atoms. The SMILES string of the molecule is NC1=NC(=O)C2N=C(CNc3ccc(C(=O)NC(CCC(=O)NCCNC(=O)OCC4C5CCC#CCCC54)C(=O)O)cc3)C=NC2=N1. The van der Waals surface area contributed by atoms with Crippen molar-refractivity contribution >= 4 is 59.2 Å². The van der Waals surface area contributed by atoms with Gasteiger partial charge in [-0.15, -0.1) is 11.8 Å². The lowest BCUT2D eigenvalue weighted by molar-refractivity contribution is -0.139. The van der Waals surface area contributed by atoms with Crippen molar-refractivity contribution in [2.24, 2.45) is 43.5 Å². The third kappa shape index (κ3) is 9.24. The van der Waals surface area contributed by atoms with Crippen molar-refractivity contribution in [2.75, 3.05) is 31.6 Å². The Hall–Kier alpha value is -5.59. The molecule has 7 N–H and O–H groups in total. The van der Waals surface area contributed by atoms with Crippen molar-refractivity contribution in [1.29, 1.82) is 0 Å². The van der Waals surface area contributed by atoms with Crippen LogP contribution in [0.1, 0.15) is 48.9 Å². The monoisotopic (exact) mass is 659 g/mol. The predicted octanol–water partition coefficient (Wildman–Crippen LogP) is 0.491. The van der Waals surface area contributed by atoms with Crippen LogP contribution in [0, 0.1) is 29.6 Å². The number of anilines is 1. The van der Waals surface area contributed by atoms with Crippen LogP contribution < -0.4 is 27.0 Å². The van der Waals surface area contributed by atoms with Crippen molar-refractivity contribution in [3.05, 3.63) is 29.8 Å². The second kappa shape index (κ2) is 15.8. The molecule has 4 amide bonds. The fraction of sp³-hybridized carbons (Fsp3) is 0.469. The number of amidine groups is 1. The van der Waals surface area contributed by atoms with Crippen LogP contribution in [0.25, 0.3) is 0 Å². The smallest absolute Gasteiger partial charge is 0.407 e. The molecule has 2 aliphatic carbocycles. The summed E-state index contributed by atoms with van der Waals surface area (Å²) in [5.74, 6) is 5.01. The number of carboxylic acid groups (broad SMARTS) is 1. The number of alkyl carbamates (subject to hydrolysis) is 1. The summed E-state index contributed by atoms with van der Waals surface area (Å²) in [6, 6.07) is 4.06. The molecular formula is C32H37N9O7. The van der Waals surface area contributed by atoms with Crippen molar-refractivity contribution in [3.8, 4) is 11.8 Å². The van der Waals surface area contributed by atoms with Crippen LogP contribution >= 0.6 is 0 Å². The van der Waals surface area contributed by atoms with Crippen molar-refractivity contribution in [3.63, 3.8) is 0 Å². The quantitative estimate of drug-likeness (QED) is 0.120. The number of hydrogen-bond donors (Lipinski definition) is 6. The minimum absolute atomic E-state index is 0.131. The molecule has 1 fully saturated rings. The standard InChI is InChI=1S/C32H37N9O7/c33-31-40-27-26(29(44)41-31)38-20(16-37-27)15-36-19-9-7-18(8-10-19)28(43)39-24(30(45)46)11-12-25(42)34-13-14-35-32(47)48-17-23-21-5-3-1-2-4-6-22(21)23/h7-10,16,21-24,26,36H,3-6,11-15,17H2,(H,34,42)(H,35,47)(H,39,43)(H,45,46)(H2,33,41,44). The van der Waals surface area contributed by atoms with Gasteiger partial charge in [0.1, 0.15) is 6.04 Å². The van der Waals surface area contributed by atoms with Crippen LogP contribution in [0.15, 0.2) is 44.2 Å². The second-order valence-electron chi connectivity index (χ2n) is 11.7. The van der Waals surface area contributed by atoms with Gasteiger partial charge in [0.25, 0.3) is 11.8 Å². The highest BCUT2D eigenvalue weighted by Gasteiger charge is 2.49. The molecule has 5 rings (SSSR count). The van der Waals surface area contributed by atoms with E-state index in [2.05, 4.69) is 53.1 Å². The highest BCUT2D eigenvalue weighted by atomic mass is 16.5. The molecule has 0 bridgehead atoms. The van der Waals surface area contributed by atoms with Gasteiger partial charge in [0.2, 0.25) is 11.9 Å². The van der Waals surface area contributed by atoms with E-state index in [4.69, 9.17) is 10.5 Å². The van der Waals surface area contributed by atoms with Gasteiger partial charge in [-0.3, -0.25) is 19.4 Å².